The average molecular weight is 416 g/mol. The molecular weight excluding hydrogens is 402 g/mol. The number of rotatable bonds is 3. The number of imidazole rings is 1. The van der Waals surface area contributed by atoms with E-state index in [0.29, 0.717) is 27.7 Å². The van der Waals surface area contributed by atoms with Gasteiger partial charge in [0.25, 0.3) is 5.69 Å². The second-order valence-corrected chi connectivity index (χ2v) is 7.31. The molecule has 8 heteroatoms. The highest BCUT2D eigenvalue weighted by molar-refractivity contribution is 6.30. The molecule has 0 spiro atoms. The zero-order chi connectivity index (χ0) is 20.8. The van der Waals surface area contributed by atoms with Crippen molar-refractivity contribution in [1.29, 1.82) is 0 Å². The maximum Gasteiger partial charge on any atom is 0.270 e. The predicted octanol–water partition coefficient (Wildman–Crippen LogP) is 5.51. The first-order valence-corrected chi connectivity index (χ1v) is 9.55. The van der Waals surface area contributed by atoms with E-state index in [1.807, 2.05) is 54.0 Å². The number of nitro groups is 1. The van der Waals surface area contributed by atoms with E-state index in [1.54, 1.807) is 12.1 Å². The Morgan fingerprint density at radius 3 is 2.47 bits per heavy atom. The number of fused-ring (bicyclic) bond motifs is 2. The Labute approximate surface area is 175 Å². The fourth-order valence-corrected chi connectivity index (χ4v) is 3.63. The molecule has 146 valence electrons. The van der Waals surface area contributed by atoms with Crippen LogP contribution in [0.25, 0.3) is 39.4 Å². The van der Waals surface area contributed by atoms with Gasteiger partial charge in [-0.2, -0.15) is 0 Å². The predicted molar refractivity (Wildman–Crippen MR) is 116 cm³/mol. The summed E-state index contributed by atoms with van der Waals surface area (Å²) in [6.07, 6.45) is 0. The van der Waals surface area contributed by atoms with Gasteiger partial charge in [0.05, 0.1) is 21.6 Å². The third kappa shape index (κ3) is 2.96. The summed E-state index contributed by atoms with van der Waals surface area (Å²) in [6.45, 7) is 1.96. The van der Waals surface area contributed by atoms with E-state index < -0.39 is 4.92 Å². The Morgan fingerprint density at radius 2 is 1.70 bits per heavy atom. The normalized spacial score (nSPS) is 11.3. The molecule has 0 aliphatic rings. The monoisotopic (exact) mass is 415 g/mol. The molecule has 0 radical (unpaired) electrons. The van der Waals surface area contributed by atoms with Gasteiger partial charge in [-0.1, -0.05) is 41.9 Å². The Balaban J connectivity index is 1.90. The maximum atomic E-state index is 11.3. The van der Waals surface area contributed by atoms with Crippen molar-refractivity contribution < 1.29 is 4.92 Å². The van der Waals surface area contributed by atoms with Crippen molar-refractivity contribution in [3.8, 4) is 17.1 Å². The first-order chi connectivity index (χ1) is 14.5. The molecule has 0 bridgehead atoms. The largest absolute Gasteiger partial charge is 0.275 e. The van der Waals surface area contributed by atoms with Crippen LogP contribution < -0.4 is 0 Å². The number of nitro benzene ring substituents is 1. The van der Waals surface area contributed by atoms with Gasteiger partial charge >= 0.3 is 0 Å². The average Bonchev–Trinajstić information content (AvgIpc) is 3.12. The Morgan fingerprint density at radius 1 is 0.933 bits per heavy atom. The van der Waals surface area contributed by atoms with Crippen molar-refractivity contribution >= 4 is 39.6 Å². The van der Waals surface area contributed by atoms with E-state index in [2.05, 4.69) is 4.98 Å². The molecule has 0 aliphatic heterocycles. The van der Waals surface area contributed by atoms with Crippen molar-refractivity contribution in [2.45, 2.75) is 6.92 Å². The topological polar surface area (TPSA) is 86.7 Å². The lowest BCUT2D eigenvalue weighted by atomic mass is 10.1. The molecule has 0 saturated heterocycles. The molecule has 3 aromatic carbocycles. The zero-order valence-corrected chi connectivity index (χ0v) is 16.5. The summed E-state index contributed by atoms with van der Waals surface area (Å²) in [5.74, 6) is 0.509. The van der Waals surface area contributed by atoms with Gasteiger partial charge in [0.1, 0.15) is 5.82 Å². The molecule has 0 atom stereocenters. The van der Waals surface area contributed by atoms with Crippen LogP contribution in [0.3, 0.4) is 0 Å². The Kier molecular flexibility index (Phi) is 4.18. The fourth-order valence-electron chi connectivity index (χ4n) is 3.46. The van der Waals surface area contributed by atoms with Crippen LogP contribution in [0.15, 0.2) is 66.7 Å². The number of aromatic nitrogens is 4. The number of aryl methyl sites for hydroxylation is 1. The van der Waals surface area contributed by atoms with E-state index in [-0.39, 0.29) is 5.69 Å². The molecule has 2 aromatic heterocycles. The van der Waals surface area contributed by atoms with Crippen molar-refractivity contribution in [3.05, 3.63) is 87.4 Å². The van der Waals surface area contributed by atoms with E-state index in [1.165, 1.54) is 12.1 Å². The Hall–Kier alpha value is -3.84. The van der Waals surface area contributed by atoms with E-state index in [9.17, 15) is 10.1 Å². The van der Waals surface area contributed by atoms with Crippen molar-refractivity contribution in [2.24, 2.45) is 0 Å². The van der Waals surface area contributed by atoms with Gasteiger partial charge in [0.15, 0.2) is 11.3 Å². The summed E-state index contributed by atoms with van der Waals surface area (Å²) in [7, 11) is 0. The van der Waals surface area contributed by atoms with Gasteiger partial charge in [-0.3, -0.25) is 14.7 Å². The second-order valence-electron chi connectivity index (χ2n) is 6.87. The molecule has 7 nitrogen and oxygen atoms in total. The number of hydrogen-bond donors (Lipinski definition) is 0. The van der Waals surface area contributed by atoms with Gasteiger partial charge in [-0.15, -0.1) is 0 Å². The van der Waals surface area contributed by atoms with Crippen LogP contribution in [-0.4, -0.2) is 24.4 Å². The van der Waals surface area contributed by atoms with Gasteiger partial charge in [0, 0.05) is 22.7 Å². The van der Waals surface area contributed by atoms with Gasteiger partial charge < -0.3 is 0 Å². The fraction of sp³-hybridized carbons (Fsp3) is 0.0455. The number of para-hydroxylation sites is 2. The minimum absolute atomic E-state index is 0.0139. The summed E-state index contributed by atoms with van der Waals surface area (Å²) in [6, 6.07) is 19.5. The van der Waals surface area contributed by atoms with Crippen molar-refractivity contribution in [3.63, 3.8) is 0 Å². The third-order valence-corrected chi connectivity index (χ3v) is 5.13. The van der Waals surface area contributed by atoms with Crippen LogP contribution in [0.1, 0.15) is 5.56 Å². The summed E-state index contributed by atoms with van der Waals surface area (Å²) < 4.78 is 1.86. The van der Waals surface area contributed by atoms with E-state index in [4.69, 9.17) is 21.6 Å². The number of nitrogens with zero attached hydrogens (tertiary/aromatic N) is 5. The molecular formula is C22H14ClN5O2. The lowest BCUT2D eigenvalue weighted by Crippen LogP contribution is -2.02. The van der Waals surface area contributed by atoms with Crippen LogP contribution in [0, 0.1) is 17.0 Å². The van der Waals surface area contributed by atoms with Gasteiger partial charge in [-0.25, -0.2) is 15.0 Å². The first-order valence-electron chi connectivity index (χ1n) is 9.18. The van der Waals surface area contributed by atoms with Crippen LogP contribution in [0.2, 0.25) is 5.02 Å². The summed E-state index contributed by atoms with van der Waals surface area (Å²) in [4.78, 5) is 25.0. The van der Waals surface area contributed by atoms with Gasteiger partial charge in [-0.05, 0) is 36.8 Å². The number of halogens is 1. The van der Waals surface area contributed by atoms with Gasteiger partial charge in [0.2, 0.25) is 0 Å². The number of benzene rings is 3. The standard InChI is InChI=1S/C22H14ClN5O2/c1-13-9-10-15(23)12-19(13)27-21(14-5-4-6-16(11-14)28(29)30)26-20-22(27)25-18-8-3-2-7-17(18)24-20/h2-12H,1H3. The smallest absolute Gasteiger partial charge is 0.270 e. The van der Waals surface area contributed by atoms with Crippen LogP contribution in [-0.2, 0) is 0 Å². The molecule has 0 N–H and O–H groups in total. The minimum atomic E-state index is -0.425. The highest BCUT2D eigenvalue weighted by atomic mass is 35.5. The minimum Gasteiger partial charge on any atom is -0.275 e. The zero-order valence-electron chi connectivity index (χ0n) is 15.8. The third-order valence-electron chi connectivity index (χ3n) is 4.90. The molecule has 0 unspecified atom stereocenters. The summed E-state index contributed by atoms with van der Waals surface area (Å²) in [5.41, 5.74) is 4.79. The number of hydrogen-bond acceptors (Lipinski definition) is 5. The highest BCUT2D eigenvalue weighted by Crippen LogP contribution is 2.32. The molecule has 0 amide bonds. The summed E-state index contributed by atoms with van der Waals surface area (Å²) in [5, 5.41) is 11.9. The lowest BCUT2D eigenvalue weighted by molar-refractivity contribution is -0.384. The first kappa shape index (κ1) is 18.2. The second kappa shape index (κ2) is 6.89. The van der Waals surface area contributed by atoms with Crippen molar-refractivity contribution in [2.75, 3.05) is 0 Å². The maximum absolute atomic E-state index is 11.3. The molecule has 5 rings (SSSR count). The molecule has 5 aromatic rings. The van der Waals surface area contributed by atoms with Crippen molar-refractivity contribution in [1.82, 2.24) is 19.5 Å². The molecule has 0 fully saturated rings. The van der Waals surface area contributed by atoms with E-state index in [0.717, 1.165) is 22.3 Å². The lowest BCUT2D eigenvalue weighted by Gasteiger charge is -2.12. The SMILES string of the molecule is Cc1ccc(Cl)cc1-n1c(-c2cccc([N+](=O)[O-])c2)nc2nc3ccccc3nc21. The van der Waals surface area contributed by atoms with Crippen LogP contribution in [0.5, 0.6) is 0 Å². The Bertz CT molecular complexity index is 1460. The number of non-ortho nitro benzene ring substituents is 1. The van der Waals surface area contributed by atoms with E-state index >= 15 is 0 Å². The van der Waals surface area contributed by atoms with Crippen LogP contribution in [0.4, 0.5) is 5.69 Å². The molecule has 30 heavy (non-hydrogen) atoms. The summed E-state index contributed by atoms with van der Waals surface area (Å²) >= 11 is 6.29. The molecule has 0 aliphatic carbocycles. The molecule has 2 heterocycles. The highest BCUT2D eigenvalue weighted by Gasteiger charge is 2.20. The quantitative estimate of drug-likeness (QED) is 0.286. The molecule has 0 saturated carbocycles. The van der Waals surface area contributed by atoms with Crippen LogP contribution >= 0.6 is 11.6 Å².